The molecule has 0 aliphatic heterocycles. The van der Waals surface area contributed by atoms with Crippen molar-refractivity contribution in [2.45, 2.75) is 156 Å². The third-order valence-corrected chi connectivity index (χ3v) is 14.3. The van der Waals surface area contributed by atoms with Gasteiger partial charge in [-0.3, -0.25) is 14.4 Å². The lowest BCUT2D eigenvalue weighted by atomic mass is 9.47. The van der Waals surface area contributed by atoms with Crippen molar-refractivity contribution in [1.29, 1.82) is 5.26 Å². The van der Waals surface area contributed by atoms with Crippen LogP contribution in [-0.4, -0.2) is 42.9 Å². The normalized spacial score (nSPS) is 30.2. The molecule has 4 aliphatic rings. The molecule has 7 nitrogen and oxygen atoms in total. The number of nitrogens with one attached hydrogen (secondary N) is 2. The van der Waals surface area contributed by atoms with E-state index in [9.17, 15) is 14.4 Å². The first kappa shape index (κ1) is 41.2. The Hall–Kier alpha value is -2.98. The highest BCUT2D eigenvalue weighted by Crippen LogP contribution is 2.67. The fourth-order valence-corrected chi connectivity index (χ4v) is 11.5. The van der Waals surface area contributed by atoms with Gasteiger partial charge in [-0.1, -0.05) is 77.7 Å². The molecule has 5 rings (SSSR count). The molecule has 4 aliphatic carbocycles. The van der Waals surface area contributed by atoms with Gasteiger partial charge in [0, 0.05) is 38.5 Å². The Balaban J connectivity index is 1.00. The van der Waals surface area contributed by atoms with Gasteiger partial charge in [0.2, 0.25) is 11.8 Å². The Morgan fingerprint density at radius 2 is 1.70 bits per heavy atom. The van der Waals surface area contributed by atoms with E-state index in [0.717, 1.165) is 60.3 Å². The number of amides is 2. The summed E-state index contributed by atoms with van der Waals surface area (Å²) in [6.07, 6.45) is 19.0. The predicted molar refractivity (Wildman–Crippen MR) is 212 cm³/mol. The number of nitriles is 1. The molecule has 0 heterocycles. The minimum atomic E-state index is -0.354. The molecule has 53 heavy (non-hydrogen) atoms. The zero-order valence-corrected chi connectivity index (χ0v) is 33.8. The van der Waals surface area contributed by atoms with Gasteiger partial charge in [-0.25, -0.2) is 0 Å². The molecule has 0 saturated heterocycles. The Labute approximate surface area is 320 Å². The Kier molecular flexibility index (Phi) is 14.4. The van der Waals surface area contributed by atoms with Crippen molar-refractivity contribution < 1.29 is 19.1 Å². The van der Waals surface area contributed by atoms with Crippen molar-refractivity contribution in [3.63, 3.8) is 0 Å². The summed E-state index contributed by atoms with van der Waals surface area (Å²) in [6.45, 7) is 15.2. The van der Waals surface area contributed by atoms with E-state index in [2.05, 4.69) is 57.4 Å². The van der Waals surface area contributed by atoms with Crippen LogP contribution in [-0.2, 0) is 25.5 Å². The first-order chi connectivity index (χ1) is 25.3. The van der Waals surface area contributed by atoms with Crippen LogP contribution in [0.25, 0.3) is 0 Å². The summed E-state index contributed by atoms with van der Waals surface area (Å²) < 4.78 is 6.40. The number of hydrogen-bond donors (Lipinski definition) is 2. The fraction of sp³-hybridized carbons (Fsp3) is 0.739. The van der Waals surface area contributed by atoms with Crippen LogP contribution < -0.4 is 10.6 Å². The maximum absolute atomic E-state index is 12.7. The summed E-state index contributed by atoms with van der Waals surface area (Å²) >= 11 is 0. The maximum Gasteiger partial charge on any atom is 0.220 e. The maximum atomic E-state index is 12.7. The van der Waals surface area contributed by atoms with Crippen molar-refractivity contribution in [2.75, 3.05) is 13.2 Å². The van der Waals surface area contributed by atoms with Gasteiger partial charge in [0.1, 0.15) is 5.78 Å². The SMILES string of the molecule is CC(=O)C[C@H](Cc1ccc(C#N)cc1)NC(=O)CCC(=O)NCCCO[C@H]1CC[C@@]2(C)C(=CC[C@H]3[C@@H]4CC[C@H]([C@H](C)CCCC(C)C)[C@@]4(C)CC[C@@H]32)C1. The molecule has 0 bridgehead atoms. The second-order valence-electron chi connectivity index (χ2n) is 18.4. The Bertz CT molecular complexity index is 1480. The second kappa shape index (κ2) is 18.6. The lowest BCUT2D eigenvalue weighted by Crippen LogP contribution is -2.51. The highest BCUT2D eigenvalue weighted by molar-refractivity contribution is 5.84. The van der Waals surface area contributed by atoms with Crippen LogP contribution in [0.3, 0.4) is 0 Å². The van der Waals surface area contributed by atoms with Crippen LogP contribution in [0.2, 0.25) is 0 Å². The van der Waals surface area contributed by atoms with Crippen molar-refractivity contribution in [3.05, 3.63) is 47.0 Å². The predicted octanol–water partition coefficient (Wildman–Crippen LogP) is 9.28. The van der Waals surface area contributed by atoms with Crippen LogP contribution >= 0.6 is 0 Å². The first-order valence-corrected chi connectivity index (χ1v) is 21.2. The van der Waals surface area contributed by atoms with E-state index in [4.69, 9.17) is 10.00 Å². The highest BCUT2D eigenvalue weighted by Gasteiger charge is 2.59. The number of ketones is 1. The molecule has 0 unspecified atom stereocenters. The van der Waals surface area contributed by atoms with Gasteiger partial charge in [0.15, 0.2) is 0 Å². The van der Waals surface area contributed by atoms with Gasteiger partial charge >= 0.3 is 0 Å². The molecule has 9 atom stereocenters. The summed E-state index contributed by atoms with van der Waals surface area (Å²) in [6, 6.07) is 8.89. The minimum Gasteiger partial charge on any atom is -0.378 e. The molecule has 3 fully saturated rings. The largest absolute Gasteiger partial charge is 0.378 e. The molecule has 292 valence electrons. The van der Waals surface area contributed by atoms with Crippen molar-refractivity contribution in [3.8, 4) is 6.07 Å². The molecule has 0 radical (unpaired) electrons. The standard InChI is InChI=1S/C46H69N3O4/c1-31(2)9-7-10-32(3)40-17-18-41-39-16-15-36-29-38(21-23-45(36,5)42(39)22-24-46(40,41)6)53-26-8-25-48-43(51)19-20-44(52)49-37(27-33(4)50)28-34-11-13-35(30-47)14-12-34/h11-15,31-32,37-42H,7-10,16-29H2,1-6H3,(H,48,51)(H,49,52)/t32-,37-,38+,39+,40-,41+,42+,45+,46-/m1/s1. The second-order valence-corrected chi connectivity index (χ2v) is 18.4. The van der Waals surface area contributed by atoms with Crippen LogP contribution in [0, 0.1) is 57.7 Å². The molecule has 0 spiro atoms. The van der Waals surface area contributed by atoms with E-state index < -0.39 is 0 Å². The molecule has 0 aromatic heterocycles. The zero-order chi connectivity index (χ0) is 38.2. The molecule has 7 heteroatoms. The third-order valence-electron chi connectivity index (χ3n) is 14.3. The van der Waals surface area contributed by atoms with Gasteiger partial charge in [-0.05, 0) is 135 Å². The molecule has 1 aromatic rings. The number of allylic oxidation sites excluding steroid dienone is 1. The first-order valence-electron chi connectivity index (χ1n) is 21.2. The average molecular weight is 728 g/mol. The van der Waals surface area contributed by atoms with Gasteiger partial charge in [0.05, 0.1) is 17.7 Å². The summed E-state index contributed by atoms with van der Waals surface area (Å²) in [5.74, 6) is 4.71. The summed E-state index contributed by atoms with van der Waals surface area (Å²) in [5.41, 5.74) is 4.00. The molecular weight excluding hydrogens is 659 g/mol. The zero-order valence-electron chi connectivity index (χ0n) is 33.8. The molecule has 1 aromatic carbocycles. The summed E-state index contributed by atoms with van der Waals surface area (Å²) in [4.78, 5) is 37.0. The lowest BCUT2D eigenvalue weighted by Gasteiger charge is -2.58. The number of carbonyl (C=O) groups excluding carboxylic acids is 3. The monoisotopic (exact) mass is 728 g/mol. The van der Waals surface area contributed by atoms with Crippen LogP contribution in [0.1, 0.15) is 149 Å². The highest BCUT2D eigenvalue weighted by atomic mass is 16.5. The molecule has 3 saturated carbocycles. The number of fused-ring (bicyclic) bond motifs is 5. The van der Waals surface area contributed by atoms with Gasteiger partial charge < -0.3 is 15.4 Å². The molecule has 2 amide bonds. The van der Waals surface area contributed by atoms with E-state index in [1.54, 1.807) is 17.7 Å². The topological polar surface area (TPSA) is 108 Å². The number of carbonyl (C=O) groups is 3. The minimum absolute atomic E-state index is 0.0122. The number of Topliss-reactive ketones (excluding diaryl/α,β-unsaturated/α-hetero) is 1. The van der Waals surface area contributed by atoms with E-state index in [1.807, 2.05) is 12.1 Å². The fourth-order valence-electron chi connectivity index (χ4n) is 11.5. The van der Waals surface area contributed by atoms with Crippen molar-refractivity contribution in [2.24, 2.45) is 46.3 Å². The van der Waals surface area contributed by atoms with Crippen molar-refractivity contribution in [1.82, 2.24) is 10.6 Å². The third kappa shape index (κ3) is 10.4. The Morgan fingerprint density at radius 3 is 2.42 bits per heavy atom. The number of hydrogen-bond acceptors (Lipinski definition) is 5. The van der Waals surface area contributed by atoms with Crippen LogP contribution in [0.15, 0.2) is 35.9 Å². The van der Waals surface area contributed by atoms with E-state index in [0.29, 0.717) is 36.0 Å². The van der Waals surface area contributed by atoms with Crippen LogP contribution in [0.5, 0.6) is 0 Å². The molecular formula is C46H69N3O4. The number of rotatable bonds is 18. The lowest BCUT2D eigenvalue weighted by molar-refractivity contribution is -0.127. The number of benzene rings is 1. The van der Waals surface area contributed by atoms with Crippen LogP contribution in [0.4, 0.5) is 0 Å². The summed E-state index contributed by atoms with van der Waals surface area (Å²) in [7, 11) is 0. The van der Waals surface area contributed by atoms with Gasteiger partial charge in [0.25, 0.3) is 0 Å². The summed E-state index contributed by atoms with van der Waals surface area (Å²) in [5, 5.41) is 14.9. The smallest absolute Gasteiger partial charge is 0.220 e. The number of ether oxygens (including phenoxy) is 1. The van der Waals surface area contributed by atoms with Gasteiger partial charge in [-0.2, -0.15) is 5.26 Å². The number of nitrogens with zero attached hydrogens (tertiary/aromatic N) is 1. The quantitative estimate of drug-likeness (QED) is 0.116. The molecule has 2 N–H and O–H groups in total. The van der Waals surface area contributed by atoms with E-state index in [1.165, 1.54) is 64.7 Å². The van der Waals surface area contributed by atoms with Gasteiger partial charge in [-0.15, -0.1) is 0 Å². The van der Waals surface area contributed by atoms with Crippen molar-refractivity contribution >= 4 is 17.6 Å². The van der Waals surface area contributed by atoms with E-state index in [-0.39, 0.29) is 49.0 Å². The van der Waals surface area contributed by atoms with E-state index >= 15 is 0 Å². The average Bonchev–Trinajstić information content (AvgIpc) is 3.48. The Morgan fingerprint density at radius 1 is 0.943 bits per heavy atom.